The minimum atomic E-state index is -0.141. The lowest BCUT2D eigenvalue weighted by atomic mass is 9.93. The van der Waals surface area contributed by atoms with Crippen molar-refractivity contribution in [1.29, 1.82) is 0 Å². The van der Waals surface area contributed by atoms with Crippen LogP contribution in [-0.2, 0) is 9.63 Å². The Morgan fingerprint density at radius 3 is 2.82 bits per heavy atom. The highest BCUT2D eigenvalue weighted by molar-refractivity contribution is 5.59. The third-order valence-electron chi connectivity index (χ3n) is 2.04. The number of hydrogen-bond acceptors (Lipinski definition) is 3. The van der Waals surface area contributed by atoms with Gasteiger partial charge in [0.05, 0.1) is 0 Å². The Kier molecular flexibility index (Phi) is 2.79. The molecule has 3 nitrogen and oxygen atoms in total. The van der Waals surface area contributed by atoms with Crippen LogP contribution in [0.5, 0.6) is 0 Å². The fraction of sp³-hybridized carbons (Fsp3) is 0.625. The normalized spacial score (nSPS) is 32.1. The van der Waals surface area contributed by atoms with Crippen LogP contribution >= 0.6 is 0 Å². The van der Waals surface area contributed by atoms with E-state index in [1.807, 2.05) is 6.08 Å². The van der Waals surface area contributed by atoms with E-state index < -0.39 is 0 Å². The van der Waals surface area contributed by atoms with Crippen molar-refractivity contribution in [2.45, 2.75) is 25.5 Å². The molecule has 0 saturated carbocycles. The van der Waals surface area contributed by atoms with E-state index in [4.69, 9.17) is 4.84 Å². The van der Waals surface area contributed by atoms with Gasteiger partial charge in [0.2, 0.25) is 0 Å². The summed E-state index contributed by atoms with van der Waals surface area (Å²) in [5.41, 5.74) is 2.58. The van der Waals surface area contributed by atoms with E-state index in [-0.39, 0.29) is 18.1 Å². The predicted octanol–water partition coefficient (Wildman–Crippen LogP) is 0.669. The molecule has 1 rings (SSSR count). The summed E-state index contributed by atoms with van der Waals surface area (Å²) >= 11 is 0. The lowest BCUT2D eigenvalue weighted by Crippen LogP contribution is -2.58. The summed E-state index contributed by atoms with van der Waals surface area (Å²) in [4.78, 5) is 15.4. The van der Waals surface area contributed by atoms with Crippen molar-refractivity contribution >= 4 is 6.29 Å². The van der Waals surface area contributed by atoms with E-state index in [9.17, 15) is 4.79 Å². The van der Waals surface area contributed by atoms with Crippen LogP contribution in [0.3, 0.4) is 0 Å². The van der Waals surface area contributed by atoms with Gasteiger partial charge < -0.3 is 4.79 Å². The standard InChI is InChI=1S/C8H13NO2/c1-3-6(4-2)8-7(5-10)9-11-8/h3,5-9H,1,4H2,2H3. The molecule has 0 aromatic heterocycles. The third kappa shape index (κ3) is 1.49. The van der Waals surface area contributed by atoms with Crippen LogP contribution in [-0.4, -0.2) is 18.4 Å². The van der Waals surface area contributed by atoms with E-state index in [1.165, 1.54) is 0 Å². The van der Waals surface area contributed by atoms with Crippen molar-refractivity contribution in [3.63, 3.8) is 0 Å². The molecule has 0 radical (unpaired) electrons. The molecule has 0 spiro atoms. The molecule has 0 aromatic rings. The van der Waals surface area contributed by atoms with Gasteiger partial charge in [-0.15, -0.1) is 6.58 Å². The molecule has 0 aromatic carbocycles. The summed E-state index contributed by atoms with van der Waals surface area (Å²) in [6, 6.07) is -0.141. The fourth-order valence-electron chi connectivity index (χ4n) is 1.22. The molecule has 1 aliphatic rings. The summed E-state index contributed by atoms with van der Waals surface area (Å²) < 4.78 is 0. The molecule has 1 N–H and O–H groups in total. The first-order chi connectivity index (χ1) is 5.33. The van der Waals surface area contributed by atoms with Crippen molar-refractivity contribution in [3.05, 3.63) is 12.7 Å². The molecular formula is C8H13NO2. The van der Waals surface area contributed by atoms with E-state index in [0.29, 0.717) is 0 Å². The average molecular weight is 155 g/mol. The molecule has 1 aliphatic heterocycles. The van der Waals surface area contributed by atoms with Gasteiger partial charge in [-0.2, -0.15) is 5.48 Å². The smallest absolute Gasteiger partial charge is 0.141 e. The number of rotatable bonds is 4. The lowest BCUT2D eigenvalue weighted by Gasteiger charge is -2.37. The first kappa shape index (κ1) is 8.43. The summed E-state index contributed by atoms with van der Waals surface area (Å²) in [6.45, 7) is 5.73. The number of hydrogen-bond donors (Lipinski definition) is 1. The Labute approximate surface area is 66.4 Å². The van der Waals surface area contributed by atoms with Crippen LogP contribution in [0.15, 0.2) is 12.7 Å². The van der Waals surface area contributed by atoms with Crippen molar-refractivity contribution in [2.24, 2.45) is 5.92 Å². The minimum Gasteiger partial charge on any atom is -0.301 e. The Morgan fingerprint density at radius 1 is 1.82 bits per heavy atom. The van der Waals surface area contributed by atoms with E-state index >= 15 is 0 Å². The Morgan fingerprint density at radius 2 is 2.55 bits per heavy atom. The summed E-state index contributed by atoms with van der Waals surface area (Å²) in [5.74, 6) is 0.284. The number of hydroxylamine groups is 1. The van der Waals surface area contributed by atoms with Gasteiger partial charge in [-0.25, -0.2) is 0 Å². The maximum atomic E-state index is 10.4. The molecule has 1 fully saturated rings. The zero-order valence-electron chi connectivity index (χ0n) is 6.62. The lowest BCUT2D eigenvalue weighted by molar-refractivity contribution is -0.183. The third-order valence-corrected chi connectivity index (χ3v) is 2.04. The Bertz CT molecular complexity index is 158. The molecule has 0 aliphatic carbocycles. The highest BCUT2D eigenvalue weighted by Crippen LogP contribution is 2.20. The SMILES string of the molecule is C=CC(CC)C1ONC1C=O. The minimum absolute atomic E-state index is 0.00463. The number of nitrogens with one attached hydrogen (secondary N) is 1. The van der Waals surface area contributed by atoms with Crippen molar-refractivity contribution < 1.29 is 9.63 Å². The van der Waals surface area contributed by atoms with Crippen LogP contribution in [0.4, 0.5) is 0 Å². The van der Waals surface area contributed by atoms with Gasteiger partial charge in [0, 0.05) is 5.92 Å². The van der Waals surface area contributed by atoms with E-state index in [0.717, 1.165) is 12.7 Å². The van der Waals surface area contributed by atoms with Crippen molar-refractivity contribution in [2.75, 3.05) is 0 Å². The van der Waals surface area contributed by atoms with Gasteiger partial charge in [-0.05, 0) is 6.42 Å². The molecule has 1 heterocycles. The Balaban J connectivity index is 2.45. The van der Waals surface area contributed by atoms with Gasteiger partial charge in [-0.3, -0.25) is 4.84 Å². The van der Waals surface area contributed by atoms with Gasteiger partial charge in [0.25, 0.3) is 0 Å². The molecule has 0 bridgehead atoms. The zero-order chi connectivity index (χ0) is 8.27. The first-order valence-corrected chi connectivity index (χ1v) is 3.82. The van der Waals surface area contributed by atoms with E-state index in [1.54, 1.807) is 0 Å². The van der Waals surface area contributed by atoms with Gasteiger partial charge in [0.1, 0.15) is 18.4 Å². The van der Waals surface area contributed by atoms with Crippen LogP contribution < -0.4 is 5.48 Å². The van der Waals surface area contributed by atoms with Gasteiger partial charge in [-0.1, -0.05) is 13.0 Å². The number of carbonyl (C=O) groups is 1. The number of aldehydes is 1. The second-order valence-electron chi connectivity index (χ2n) is 2.67. The number of carbonyl (C=O) groups excluding carboxylic acids is 1. The first-order valence-electron chi connectivity index (χ1n) is 3.82. The van der Waals surface area contributed by atoms with Gasteiger partial charge in [0.15, 0.2) is 0 Å². The molecule has 11 heavy (non-hydrogen) atoms. The summed E-state index contributed by atoms with van der Waals surface area (Å²) in [6.07, 6.45) is 3.66. The summed E-state index contributed by atoms with van der Waals surface area (Å²) in [7, 11) is 0. The zero-order valence-corrected chi connectivity index (χ0v) is 6.62. The molecular weight excluding hydrogens is 142 g/mol. The highest BCUT2D eigenvalue weighted by atomic mass is 16.7. The van der Waals surface area contributed by atoms with E-state index in [2.05, 4.69) is 19.0 Å². The van der Waals surface area contributed by atoms with Crippen LogP contribution in [0, 0.1) is 5.92 Å². The van der Waals surface area contributed by atoms with Crippen LogP contribution in [0.2, 0.25) is 0 Å². The topological polar surface area (TPSA) is 38.3 Å². The molecule has 3 atom stereocenters. The van der Waals surface area contributed by atoms with Gasteiger partial charge >= 0.3 is 0 Å². The summed E-state index contributed by atoms with van der Waals surface area (Å²) in [5, 5.41) is 0. The Hall–Kier alpha value is -0.670. The second-order valence-corrected chi connectivity index (χ2v) is 2.67. The predicted molar refractivity (Wildman–Crippen MR) is 41.8 cm³/mol. The fourth-order valence-corrected chi connectivity index (χ4v) is 1.22. The quantitative estimate of drug-likeness (QED) is 0.479. The van der Waals surface area contributed by atoms with Crippen molar-refractivity contribution in [1.82, 2.24) is 5.48 Å². The van der Waals surface area contributed by atoms with Crippen LogP contribution in [0.25, 0.3) is 0 Å². The molecule has 3 unspecified atom stereocenters. The van der Waals surface area contributed by atoms with Crippen LogP contribution in [0.1, 0.15) is 13.3 Å². The maximum absolute atomic E-state index is 10.4. The van der Waals surface area contributed by atoms with Crippen molar-refractivity contribution in [3.8, 4) is 0 Å². The molecule has 1 saturated heterocycles. The average Bonchev–Trinajstić information content (AvgIpc) is 1.98. The second kappa shape index (κ2) is 3.64. The monoisotopic (exact) mass is 155 g/mol. The molecule has 3 heteroatoms. The highest BCUT2D eigenvalue weighted by Gasteiger charge is 2.36. The molecule has 0 amide bonds. The maximum Gasteiger partial charge on any atom is 0.141 e. The largest absolute Gasteiger partial charge is 0.301 e. The molecule has 62 valence electrons.